The third-order valence-electron chi connectivity index (χ3n) is 5.55. The zero-order valence-electron chi connectivity index (χ0n) is 18.2. The van der Waals surface area contributed by atoms with Gasteiger partial charge >= 0.3 is 0 Å². The van der Waals surface area contributed by atoms with Gasteiger partial charge in [0.2, 0.25) is 0 Å². The molecule has 1 aromatic carbocycles. The third-order valence-corrected chi connectivity index (χ3v) is 5.55. The highest BCUT2D eigenvalue weighted by Crippen LogP contribution is 2.37. The summed E-state index contributed by atoms with van der Waals surface area (Å²) < 4.78 is 0. The quantitative estimate of drug-likeness (QED) is 0.357. The fourth-order valence-electron chi connectivity index (χ4n) is 3.33. The highest BCUT2D eigenvalue weighted by atomic mass is 16.3. The van der Waals surface area contributed by atoms with Gasteiger partial charge in [0.05, 0.1) is 5.60 Å². The summed E-state index contributed by atoms with van der Waals surface area (Å²) in [5.74, 6) is 0.489. The van der Waals surface area contributed by atoms with Crippen LogP contribution in [0.3, 0.4) is 0 Å². The van der Waals surface area contributed by atoms with E-state index < -0.39 is 5.60 Å². The van der Waals surface area contributed by atoms with Crippen LogP contribution in [0.1, 0.15) is 82.1 Å². The highest BCUT2D eigenvalue weighted by Gasteiger charge is 2.22. The molecule has 0 fully saturated rings. The van der Waals surface area contributed by atoms with Crippen LogP contribution in [-0.4, -0.2) is 20.9 Å². The molecule has 0 amide bonds. The van der Waals surface area contributed by atoms with Crippen LogP contribution in [0.2, 0.25) is 0 Å². The van der Waals surface area contributed by atoms with E-state index in [1.165, 1.54) is 11.1 Å². The normalized spacial score (nSPS) is 14.1. The Morgan fingerprint density at radius 3 is 2.04 bits per heavy atom. The first-order chi connectivity index (χ1) is 12.5. The Bertz CT molecular complexity index is 676. The Labute approximate surface area is 165 Å². The van der Waals surface area contributed by atoms with Gasteiger partial charge in [-0.25, -0.2) is 0 Å². The van der Waals surface area contributed by atoms with Crippen molar-refractivity contribution in [1.29, 1.82) is 0 Å². The Hall–Kier alpha value is -1.74. The lowest BCUT2D eigenvalue weighted by Crippen LogP contribution is -2.24. The monoisotopic (exact) mass is 374 g/mol. The number of phenolic OH excluding ortho intramolecular Hbond substituents is 2. The van der Waals surface area contributed by atoms with Gasteiger partial charge in [-0.05, 0) is 104 Å². The number of allylic oxidation sites excluding steroid dienone is 4. The Morgan fingerprint density at radius 2 is 1.44 bits per heavy atom. The smallest absolute Gasteiger partial charge is 0.122 e. The number of aliphatic hydroxyl groups is 1. The summed E-state index contributed by atoms with van der Waals surface area (Å²) in [6.07, 6.45) is 9.22. The van der Waals surface area contributed by atoms with Crippen LogP contribution in [0.4, 0.5) is 0 Å². The lowest BCUT2D eigenvalue weighted by atomic mass is 9.88. The predicted molar refractivity (Wildman–Crippen MR) is 115 cm³/mol. The third kappa shape index (κ3) is 7.06. The van der Waals surface area contributed by atoms with Crippen molar-refractivity contribution in [3.05, 3.63) is 45.6 Å². The minimum Gasteiger partial charge on any atom is -0.507 e. The molecule has 1 aromatic rings. The van der Waals surface area contributed by atoms with E-state index in [4.69, 9.17) is 0 Å². The summed E-state index contributed by atoms with van der Waals surface area (Å²) in [5.41, 5.74) is 4.78. The predicted octanol–water partition coefficient (Wildman–Crippen LogP) is 6.18. The van der Waals surface area contributed by atoms with Crippen LogP contribution in [0.25, 0.3) is 0 Å². The summed E-state index contributed by atoms with van der Waals surface area (Å²) in [6.45, 7) is 13.7. The van der Waals surface area contributed by atoms with Gasteiger partial charge in [-0.1, -0.05) is 23.3 Å². The van der Waals surface area contributed by atoms with Crippen molar-refractivity contribution in [3.63, 3.8) is 0 Å². The van der Waals surface area contributed by atoms with Crippen molar-refractivity contribution in [1.82, 2.24) is 0 Å². The number of aromatic hydroxyl groups is 2. The maximum absolute atomic E-state index is 10.7. The zero-order chi connectivity index (χ0) is 20.8. The first-order valence-corrected chi connectivity index (χ1v) is 9.98. The number of hydrogen-bond acceptors (Lipinski definition) is 3. The zero-order valence-corrected chi connectivity index (χ0v) is 18.2. The average Bonchev–Trinajstić information content (AvgIpc) is 2.57. The second kappa shape index (κ2) is 9.98. The fourth-order valence-corrected chi connectivity index (χ4v) is 3.33. The molecule has 0 radical (unpaired) electrons. The molecule has 0 saturated heterocycles. The van der Waals surface area contributed by atoms with Gasteiger partial charge in [0.1, 0.15) is 11.5 Å². The fraction of sp³-hybridized carbons (Fsp3) is 0.583. The molecule has 152 valence electrons. The standard InChI is InChI=1S/C24H38O3/c1-16(2)10-8-11-17(3)12-9-14-24(7,27)15-13-21-20(6)22(25)18(4)19(5)23(21)26/h10,12,25-27H,8-9,11,13-15H2,1-7H3. The molecule has 0 aromatic heterocycles. The first kappa shape index (κ1) is 23.3. The van der Waals surface area contributed by atoms with Crippen LogP contribution in [0, 0.1) is 20.8 Å². The molecule has 1 unspecified atom stereocenters. The maximum Gasteiger partial charge on any atom is 0.122 e. The Kier molecular flexibility index (Phi) is 8.61. The van der Waals surface area contributed by atoms with E-state index in [1.54, 1.807) is 0 Å². The van der Waals surface area contributed by atoms with Gasteiger partial charge in [-0.2, -0.15) is 0 Å². The van der Waals surface area contributed by atoms with Crippen LogP contribution >= 0.6 is 0 Å². The van der Waals surface area contributed by atoms with E-state index in [-0.39, 0.29) is 11.5 Å². The molecule has 1 atom stereocenters. The van der Waals surface area contributed by atoms with Gasteiger partial charge < -0.3 is 15.3 Å². The van der Waals surface area contributed by atoms with Crippen LogP contribution in [0.5, 0.6) is 11.5 Å². The average molecular weight is 375 g/mol. The molecule has 0 bridgehead atoms. The highest BCUT2D eigenvalue weighted by molar-refractivity contribution is 5.56. The van der Waals surface area contributed by atoms with Gasteiger partial charge in [-0.15, -0.1) is 0 Å². The summed E-state index contributed by atoms with van der Waals surface area (Å²) in [5, 5.41) is 31.4. The number of rotatable bonds is 9. The molecule has 1 rings (SSSR count). The van der Waals surface area contributed by atoms with E-state index in [9.17, 15) is 15.3 Å². The number of benzene rings is 1. The molecule has 27 heavy (non-hydrogen) atoms. The lowest BCUT2D eigenvalue weighted by Gasteiger charge is -2.24. The van der Waals surface area contributed by atoms with Crippen molar-refractivity contribution in [2.24, 2.45) is 0 Å². The van der Waals surface area contributed by atoms with E-state index >= 15 is 0 Å². The molecule has 0 heterocycles. The van der Waals surface area contributed by atoms with Crippen LogP contribution in [-0.2, 0) is 6.42 Å². The topological polar surface area (TPSA) is 60.7 Å². The van der Waals surface area contributed by atoms with Gasteiger partial charge in [-0.3, -0.25) is 0 Å². The molecule has 3 nitrogen and oxygen atoms in total. The number of hydrogen-bond donors (Lipinski definition) is 3. The molecule has 0 spiro atoms. The Morgan fingerprint density at radius 1 is 0.852 bits per heavy atom. The van der Waals surface area contributed by atoms with Crippen molar-refractivity contribution < 1.29 is 15.3 Å². The van der Waals surface area contributed by atoms with E-state index in [0.717, 1.165) is 24.8 Å². The van der Waals surface area contributed by atoms with Crippen LogP contribution in [0.15, 0.2) is 23.3 Å². The van der Waals surface area contributed by atoms with Crippen molar-refractivity contribution >= 4 is 0 Å². The minimum atomic E-state index is -0.802. The molecular formula is C24H38O3. The maximum atomic E-state index is 10.7. The minimum absolute atomic E-state index is 0.244. The molecule has 0 aliphatic heterocycles. The van der Waals surface area contributed by atoms with E-state index in [1.807, 2.05) is 27.7 Å². The summed E-state index contributed by atoms with van der Waals surface area (Å²) in [7, 11) is 0. The first-order valence-electron chi connectivity index (χ1n) is 9.98. The van der Waals surface area contributed by atoms with Crippen molar-refractivity contribution in [3.8, 4) is 11.5 Å². The second-order valence-electron chi connectivity index (χ2n) is 8.46. The van der Waals surface area contributed by atoms with Gasteiger partial charge in [0.25, 0.3) is 0 Å². The largest absolute Gasteiger partial charge is 0.507 e. The summed E-state index contributed by atoms with van der Waals surface area (Å²) in [6, 6.07) is 0. The van der Waals surface area contributed by atoms with Gasteiger partial charge in [0, 0.05) is 5.56 Å². The van der Waals surface area contributed by atoms with Crippen molar-refractivity contribution in [2.45, 2.75) is 92.6 Å². The lowest BCUT2D eigenvalue weighted by molar-refractivity contribution is 0.0431. The molecule has 3 N–H and O–H groups in total. The van der Waals surface area contributed by atoms with E-state index in [0.29, 0.717) is 36.0 Å². The van der Waals surface area contributed by atoms with Crippen molar-refractivity contribution in [2.75, 3.05) is 0 Å². The molecule has 0 aliphatic carbocycles. The summed E-state index contributed by atoms with van der Waals surface area (Å²) in [4.78, 5) is 0. The molecule has 3 heteroatoms. The number of phenols is 2. The SMILES string of the molecule is CC(C)=CCCC(C)=CCCC(C)(O)CCc1c(C)c(O)c(C)c(C)c1O. The van der Waals surface area contributed by atoms with Gasteiger partial charge in [0.15, 0.2) is 0 Å². The van der Waals surface area contributed by atoms with E-state index in [2.05, 4.69) is 32.9 Å². The molecule has 0 aliphatic rings. The summed E-state index contributed by atoms with van der Waals surface area (Å²) >= 11 is 0. The second-order valence-corrected chi connectivity index (χ2v) is 8.46. The Balaban J connectivity index is 2.66. The van der Waals surface area contributed by atoms with Crippen LogP contribution < -0.4 is 0 Å². The molecular weight excluding hydrogens is 336 g/mol. The molecule has 0 saturated carbocycles.